The number of hydrogen-bond acceptors (Lipinski definition) is 5. The lowest BCUT2D eigenvalue weighted by Crippen LogP contribution is -2.05. The molecule has 0 unspecified atom stereocenters. The van der Waals surface area contributed by atoms with Crippen LogP contribution in [0.1, 0.15) is 15.9 Å². The molecule has 0 amide bonds. The first kappa shape index (κ1) is 12.6. The largest absolute Gasteiger partial charge is 0.465 e. The monoisotopic (exact) mass is 233 g/mol. The summed E-state index contributed by atoms with van der Waals surface area (Å²) < 4.78 is 8.91. The average molecular weight is 233 g/mol. The molecule has 0 radical (unpaired) electrons. The van der Waals surface area contributed by atoms with Gasteiger partial charge in [-0.1, -0.05) is 5.92 Å². The number of carbonyl (C=O) groups excluding carboxylic acids is 2. The summed E-state index contributed by atoms with van der Waals surface area (Å²) in [5.74, 6) is 3.66. The quantitative estimate of drug-likeness (QED) is 0.436. The second-order valence-corrected chi connectivity index (χ2v) is 3.04. The van der Waals surface area contributed by atoms with Crippen LogP contribution >= 0.6 is 0 Å². The lowest BCUT2D eigenvalue weighted by molar-refractivity contribution is -0.133. The van der Waals surface area contributed by atoms with E-state index in [1.54, 1.807) is 6.07 Å². The fourth-order valence-corrected chi connectivity index (χ4v) is 1.11. The Labute approximate surface area is 98.5 Å². The van der Waals surface area contributed by atoms with Crippen molar-refractivity contribution in [3.63, 3.8) is 0 Å². The van der Waals surface area contributed by atoms with Crippen molar-refractivity contribution < 1.29 is 19.1 Å². The maximum absolute atomic E-state index is 11.2. The molecule has 0 aromatic heterocycles. The fourth-order valence-electron chi connectivity index (χ4n) is 1.11. The highest BCUT2D eigenvalue weighted by Gasteiger charge is 2.09. The molecule has 5 nitrogen and oxygen atoms in total. The van der Waals surface area contributed by atoms with Gasteiger partial charge in [0.2, 0.25) is 0 Å². The highest BCUT2D eigenvalue weighted by atomic mass is 16.5. The molecule has 0 aliphatic rings. The van der Waals surface area contributed by atoms with Crippen LogP contribution in [0.2, 0.25) is 0 Å². The Kier molecular flexibility index (Phi) is 4.12. The van der Waals surface area contributed by atoms with Gasteiger partial charge in [0.1, 0.15) is 0 Å². The van der Waals surface area contributed by atoms with Gasteiger partial charge < -0.3 is 15.2 Å². The number of hydrogen-bond donors (Lipinski definition) is 1. The van der Waals surface area contributed by atoms with Crippen molar-refractivity contribution in [1.82, 2.24) is 0 Å². The highest BCUT2D eigenvalue weighted by molar-refractivity contribution is 5.95. The standard InChI is InChI=1S/C12H11NO4/c1-16-11(14)6-4-8-3-5-9(10(13)7-8)12(15)17-2/h3,5,7H,13H2,1-2H3. The van der Waals surface area contributed by atoms with E-state index in [1.807, 2.05) is 0 Å². The number of rotatable bonds is 1. The van der Waals surface area contributed by atoms with Crippen LogP contribution in [0.5, 0.6) is 0 Å². The van der Waals surface area contributed by atoms with Crippen LogP contribution in [-0.2, 0) is 14.3 Å². The zero-order valence-corrected chi connectivity index (χ0v) is 9.44. The zero-order chi connectivity index (χ0) is 12.8. The number of nitrogen functional groups attached to an aromatic ring is 1. The average Bonchev–Trinajstić information content (AvgIpc) is 2.35. The summed E-state index contributed by atoms with van der Waals surface area (Å²) in [5, 5.41) is 0. The molecule has 1 aromatic carbocycles. The second-order valence-electron chi connectivity index (χ2n) is 3.04. The van der Waals surface area contributed by atoms with Crippen molar-refractivity contribution in [2.24, 2.45) is 0 Å². The zero-order valence-electron chi connectivity index (χ0n) is 9.44. The lowest BCUT2D eigenvalue weighted by Gasteiger charge is -2.03. The van der Waals surface area contributed by atoms with E-state index in [1.165, 1.54) is 26.4 Å². The molecule has 0 spiro atoms. The molecule has 1 rings (SSSR count). The summed E-state index contributed by atoms with van der Waals surface area (Å²) in [4.78, 5) is 22.0. The maximum Gasteiger partial charge on any atom is 0.384 e. The Balaban J connectivity index is 3.00. The minimum Gasteiger partial charge on any atom is -0.465 e. The van der Waals surface area contributed by atoms with Gasteiger partial charge in [0.25, 0.3) is 0 Å². The van der Waals surface area contributed by atoms with E-state index < -0.39 is 11.9 Å². The van der Waals surface area contributed by atoms with Crippen LogP contribution in [0, 0.1) is 11.8 Å². The number of methoxy groups -OCH3 is 2. The third-order valence-electron chi connectivity index (χ3n) is 1.95. The Morgan fingerprint density at radius 2 is 1.94 bits per heavy atom. The molecule has 0 saturated heterocycles. The van der Waals surface area contributed by atoms with Crippen molar-refractivity contribution in [2.75, 3.05) is 20.0 Å². The molecular formula is C12H11NO4. The topological polar surface area (TPSA) is 78.6 Å². The maximum atomic E-state index is 11.2. The predicted octanol–water partition coefficient (Wildman–Crippen LogP) is 0.580. The van der Waals surface area contributed by atoms with Crippen molar-refractivity contribution in [2.45, 2.75) is 0 Å². The Bertz CT molecular complexity index is 511. The third kappa shape index (κ3) is 3.24. The summed E-state index contributed by atoms with van der Waals surface area (Å²) in [6.07, 6.45) is 0. The molecule has 0 atom stereocenters. The SMILES string of the molecule is COC(=O)C#Cc1ccc(C(=O)OC)c(N)c1. The normalized spacial score (nSPS) is 8.82. The van der Waals surface area contributed by atoms with Crippen LogP contribution < -0.4 is 5.73 Å². The third-order valence-corrected chi connectivity index (χ3v) is 1.95. The molecule has 0 bridgehead atoms. The minimum atomic E-state index is -0.638. The first-order valence-corrected chi connectivity index (χ1v) is 4.66. The second kappa shape index (κ2) is 5.56. The summed E-state index contributed by atoms with van der Waals surface area (Å²) >= 11 is 0. The Morgan fingerprint density at radius 3 is 2.47 bits per heavy atom. The number of esters is 2. The summed E-state index contributed by atoms with van der Waals surface area (Å²) in [6.45, 7) is 0. The van der Waals surface area contributed by atoms with Crippen LogP contribution in [0.3, 0.4) is 0 Å². The fraction of sp³-hybridized carbons (Fsp3) is 0.167. The Hall–Kier alpha value is -2.48. The van der Waals surface area contributed by atoms with Crippen LogP contribution in [-0.4, -0.2) is 26.2 Å². The molecule has 0 aliphatic heterocycles. The summed E-state index contributed by atoms with van der Waals surface area (Å²) in [7, 11) is 2.51. The number of nitrogens with two attached hydrogens (primary N) is 1. The van der Waals surface area contributed by atoms with Crippen molar-refractivity contribution >= 4 is 17.6 Å². The van der Waals surface area contributed by atoms with Gasteiger partial charge in [0, 0.05) is 17.2 Å². The molecule has 17 heavy (non-hydrogen) atoms. The number of benzene rings is 1. The van der Waals surface area contributed by atoms with Crippen LogP contribution in [0.25, 0.3) is 0 Å². The van der Waals surface area contributed by atoms with Crippen molar-refractivity contribution in [3.05, 3.63) is 29.3 Å². The predicted molar refractivity (Wildman–Crippen MR) is 61.1 cm³/mol. The van der Waals surface area contributed by atoms with Gasteiger partial charge in [-0.15, -0.1) is 0 Å². The molecule has 0 aliphatic carbocycles. The Morgan fingerprint density at radius 1 is 1.24 bits per heavy atom. The van der Waals surface area contributed by atoms with E-state index in [0.717, 1.165) is 0 Å². The molecule has 0 heterocycles. The van der Waals surface area contributed by atoms with Gasteiger partial charge in [-0.05, 0) is 18.2 Å². The van der Waals surface area contributed by atoms with E-state index in [-0.39, 0.29) is 11.3 Å². The van der Waals surface area contributed by atoms with Gasteiger partial charge >= 0.3 is 11.9 Å². The summed E-state index contributed by atoms with van der Waals surface area (Å²) in [6, 6.07) is 4.54. The lowest BCUT2D eigenvalue weighted by atomic mass is 10.1. The molecule has 2 N–H and O–H groups in total. The molecular weight excluding hydrogens is 222 g/mol. The molecule has 88 valence electrons. The molecule has 0 saturated carbocycles. The summed E-state index contributed by atoms with van der Waals surface area (Å²) in [5.41, 5.74) is 6.67. The van der Waals surface area contributed by atoms with Gasteiger partial charge in [0.15, 0.2) is 0 Å². The van der Waals surface area contributed by atoms with E-state index in [4.69, 9.17) is 5.73 Å². The van der Waals surface area contributed by atoms with Gasteiger partial charge in [-0.25, -0.2) is 9.59 Å². The van der Waals surface area contributed by atoms with Gasteiger partial charge in [0.05, 0.1) is 19.8 Å². The molecule has 0 fully saturated rings. The van der Waals surface area contributed by atoms with E-state index in [2.05, 4.69) is 21.3 Å². The number of ether oxygens (including phenoxy) is 2. The van der Waals surface area contributed by atoms with Gasteiger partial charge in [-0.3, -0.25) is 0 Å². The first-order chi connectivity index (χ1) is 8.08. The first-order valence-electron chi connectivity index (χ1n) is 4.66. The van der Waals surface area contributed by atoms with E-state index in [0.29, 0.717) is 5.56 Å². The van der Waals surface area contributed by atoms with Crippen molar-refractivity contribution in [3.8, 4) is 11.8 Å². The van der Waals surface area contributed by atoms with Gasteiger partial charge in [-0.2, -0.15) is 0 Å². The highest BCUT2D eigenvalue weighted by Crippen LogP contribution is 2.14. The number of anilines is 1. The van der Waals surface area contributed by atoms with Crippen molar-refractivity contribution in [1.29, 1.82) is 0 Å². The minimum absolute atomic E-state index is 0.244. The molecule has 5 heteroatoms. The van der Waals surface area contributed by atoms with Crippen LogP contribution in [0.15, 0.2) is 18.2 Å². The number of carbonyl (C=O) groups is 2. The van der Waals surface area contributed by atoms with Crippen LogP contribution in [0.4, 0.5) is 5.69 Å². The van der Waals surface area contributed by atoms with E-state index in [9.17, 15) is 9.59 Å². The smallest absolute Gasteiger partial charge is 0.384 e. The molecule has 1 aromatic rings. The van der Waals surface area contributed by atoms with E-state index >= 15 is 0 Å².